The van der Waals surface area contributed by atoms with Crippen LogP contribution in [0.2, 0.25) is 0 Å². The number of carbonyl (C=O) groups excluding carboxylic acids is 1. The van der Waals surface area contributed by atoms with E-state index < -0.39 is 0 Å². The van der Waals surface area contributed by atoms with E-state index in [1.165, 1.54) is 16.2 Å². The number of nitrogens with one attached hydrogen (secondary N) is 1. The van der Waals surface area contributed by atoms with Crippen LogP contribution in [0.25, 0.3) is 10.4 Å². The van der Waals surface area contributed by atoms with Crippen LogP contribution in [0.5, 0.6) is 0 Å². The molecule has 26 heavy (non-hydrogen) atoms. The van der Waals surface area contributed by atoms with Gasteiger partial charge in [-0.15, -0.1) is 22.7 Å². The molecule has 3 aromatic heterocycles. The molecule has 0 saturated heterocycles. The van der Waals surface area contributed by atoms with E-state index in [2.05, 4.69) is 21.5 Å². The Kier molecular flexibility index (Phi) is 4.64. The summed E-state index contributed by atoms with van der Waals surface area (Å²) in [4.78, 5) is 19.4. The van der Waals surface area contributed by atoms with Gasteiger partial charge in [0.25, 0.3) is 5.91 Å². The summed E-state index contributed by atoms with van der Waals surface area (Å²) in [5, 5.41) is 10.2. The van der Waals surface area contributed by atoms with Crippen LogP contribution in [0, 0.1) is 6.92 Å². The highest BCUT2D eigenvalue weighted by molar-refractivity contribution is 7.15. The molecule has 0 radical (unpaired) electrons. The molecule has 130 valence electrons. The Morgan fingerprint density at radius 3 is 2.77 bits per heavy atom. The first-order valence-corrected chi connectivity index (χ1v) is 9.79. The van der Waals surface area contributed by atoms with Crippen molar-refractivity contribution < 1.29 is 4.79 Å². The van der Waals surface area contributed by atoms with Gasteiger partial charge in [0.1, 0.15) is 11.5 Å². The van der Waals surface area contributed by atoms with E-state index in [0.717, 1.165) is 15.4 Å². The Labute approximate surface area is 159 Å². The second kappa shape index (κ2) is 7.23. The van der Waals surface area contributed by atoms with Crippen molar-refractivity contribution in [2.75, 3.05) is 5.32 Å². The van der Waals surface area contributed by atoms with E-state index in [4.69, 9.17) is 0 Å². The number of anilines is 1. The minimum atomic E-state index is -0.221. The largest absolute Gasteiger partial charge is 0.305 e. The number of aromatic nitrogens is 3. The normalized spacial score (nSPS) is 10.8. The summed E-state index contributed by atoms with van der Waals surface area (Å²) in [5.41, 5.74) is 1.44. The highest BCUT2D eigenvalue weighted by Crippen LogP contribution is 2.30. The van der Waals surface area contributed by atoms with Gasteiger partial charge in [0.2, 0.25) is 0 Å². The first-order valence-electron chi connectivity index (χ1n) is 8.09. The summed E-state index contributed by atoms with van der Waals surface area (Å²) >= 11 is 3.19. The van der Waals surface area contributed by atoms with Crippen LogP contribution in [0.1, 0.15) is 20.4 Å². The number of aryl methyl sites for hydroxylation is 1. The monoisotopic (exact) mass is 380 g/mol. The number of thiophene rings is 1. The molecule has 0 fully saturated rings. The van der Waals surface area contributed by atoms with Crippen molar-refractivity contribution in [3.63, 3.8) is 0 Å². The molecule has 1 N–H and O–H groups in total. The summed E-state index contributed by atoms with van der Waals surface area (Å²) in [7, 11) is 0. The maximum atomic E-state index is 12.9. The van der Waals surface area contributed by atoms with Crippen LogP contribution < -0.4 is 5.32 Å². The Hall–Kier alpha value is -2.77. The van der Waals surface area contributed by atoms with Crippen LogP contribution in [0.4, 0.5) is 5.82 Å². The third-order valence-corrected chi connectivity index (χ3v) is 5.71. The molecule has 3 heterocycles. The number of benzene rings is 1. The van der Waals surface area contributed by atoms with Crippen LogP contribution >= 0.6 is 22.7 Å². The van der Waals surface area contributed by atoms with Crippen LogP contribution in [0.3, 0.4) is 0 Å². The summed E-state index contributed by atoms with van der Waals surface area (Å²) < 4.78 is 1.78. The molecular weight excluding hydrogens is 364 g/mol. The molecule has 0 aliphatic heterocycles. The minimum absolute atomic E-state index is 0.221. The second-order valence-electron chi connectivity index (χ2n) is 5.68. The highest BCUT2D eigenvalue weighted by atomic mass is 32.1. The molecule has 0 spiro atoms. The number of hydrogen-bond donors (Lipinski definition) is 1. The molecule has 4 aromatic rings. The Morgan fingerprint density at radius 2 is 2.00 bits per heavy atom. The zero-order valence-electron chi connectivity index (χ0n) is 14.0. The number of amides is 1. The lowest BCUT2D eigenvalue weighted by atomic mass is 10.1. The quantitative estimate of drug-likeness (QED) is 0.547. The van der Waals surface area contributed by atoms with E-state index >= 15 is 0 Å². The Balaban J connectivity index is 1.60. The maximum absolute atomic E-state index is 12.9. The fraction of sp³-hybridized carbons (Fsp3) is 0.105. The molecule has 0 aliphatic carbocycles. The Bertz CT molecular complexity index is 1020. The molecule has 5 nitrogen and oxygen atoms in total. The molecule has 0 atom stereocenters. The lowest BCUT2D eigenvalue weighted by Crippen LogP contribution is -2.17. The van der Waals surface area contributed by atoms with Gasteiger partial charge in [-0.3, -0.25) is 4.79 Å². The number of hydrogen-bond acceptors (Lipinski definition) is 5. The standard InChI is InChI=1S/C19H16N4OS2/c1-13-21-17(18(26-13)14-6-3-2-4-7-14)19(24)22-16-9-10-20-23(16)12-15-8-5-11-25-15/h2-11H,12H2,1H3,(H,22,24). The average molecular weight is 380 g/mol. The predicted molar refractivity (Wildman–Crippen MR) is 106 cm³/mol. The molecule has 4 rings (SSSR count). The van der Waals surface area contributed by atoms with Gasteiger partial charge in [0.15, 0.2) is 0 Å². The molecular formula is C19H16N4OS2. The van der Waals surface area contributed by atoms with Gasteiger partial charge in [0, 0.05) is 10.9 Å². The smallest absolute Gasteiger partial charge is 0.276 e. The van der Waals surface area contributed by atoms with E-state index in [0.29, 0.717) is 18.1 Å². The molecule has 0 saturated carbocycles. The number of thiazole rings is 1. The number of carbonyl (C=O) groups is 1. The minimum Gasteiger partial charge on any atom is -0.305 e. The summed E-state index contributed by atoms with van der Waals surface area (Å²) in [6, 6.07) is 15.7. The van der Waals surface area contributed by atoms with Gasteiger partial charge >= 0.3 is 0 Å². The lowest BCUT2D eigenvalue weighted by Gasteiger charge is -2.08. The topological polar surface area (TPSA) is 59.8 Å². The SMILES string of the molecule is Cc1nc(C(=O)Nc2ccnn2Cc2cccs2)c(-c2ccccc2)s1. The van der Waals surface area contributed by atoms with Crippen LogP contribution in [-0.4, -0.2) is 20.7 Å². The average Bonchev–Trinajstić information content (AvgIpc) is 3.38. The predicted octanol–water partition coefficient (Wildman–Crippen LogP) is 4.68. The van der Waals surface area contributed by atoms with Crippen molar-refractivity contribution in [1.29, 1.82) is 0 Å². The Morgan fingerprint density at radius 1 is 1.15 bits per heavy atom. The number of nitrogens with zero attached hydrogens (tertiary/aromatic N) is 3. The van der Waals surface area contributed by atoms with Crippen molar-refractivity contribution in [3.05, 3.63) is 75.7 Å². The first-order chi connectivity index (χ1) is 12.7. The third-order valence-electron chi connectivity index (χ3n) is 3.83. The molecule has 0 bridgehead atoms. The van der Waals surface area contributed by atoms with Gasteiger partial charge in [0.05, 0.1) is 22.6 Å². The van der Waals surface area contributed by atoms with E-state index in [1.54, 1.807) is 28.3 Å². The van der Waals surface area contributed by atoms with E-state index in [-0.39, 0.29) is 5.91 Å². The molecule has 7 heteroatoms. The van der Waals surface area contributed by atoms with Crippen LogP contribution in [-0.2, 0) is 6.54 Å². The zero-order chi connectivity index (χ0) is 17.9. The van der Waals surface area contributed by atoms with Crippen molar-refractivity contribution in [2.45, 2.75) is 13.5 Å². The molecule has 1 aromatic carbocycles. The first kappa shape index (κ1) is 16.7. The fourth-order valence-corrected chi connectivity index (χ4v) is 4.26. The van der Waals surface area contributed by atoms with Gasteiger partial charge in [-0.1, -0.05) is 36.4 Å². The number of rotatable bonds is 5. The van der Waals surface area contributed by atoms with E-state index in [1.807, 2.05) is 48.7 Å². The zero-order valence-corrected chi connectivity index (χ0v) is 15.7. The van der Waals surface area contributed by atoms with Crippen molar-refractivity contribution >= 4 is 34.4 Å². The lowest BCUT2D eigenvalue weighted by molar-refractivity contribution is 0.102. The molecule has 0 unspecified atom stereocenters. The van der Waals surface area contributed by atoms with Gasteiger partial charge in [-0.25, -0.2) is 9.67 Å². The maximum Gasteiger partial charge on any atom is 0.276 e. The third kappa shape index (κ3) is 3.44. The van der Waals surface area contributed by atoms with E-state index in [9.17, 15) is 4.79 Å². The van der Waals surface area contributed by atoms with Crippen molar-refractivity contribution in [2.24, 2.45) is 0 Å². The second-order valence-corrected chi connectivity index (χ2v) is 7.92. The van der Waals surface area contributed by atoms with Gasteiger partial charge in [-0.2, -0.15) is 5.10 Å². The highest BCUT2D eigenvalue weighted by Gasteiger charge is 2.19. The molecule has 0 aliphatic rings. The van der Waals surface area contributed by atoms with Crippen molar-refractivity contribution in [3.8, 4) is 10.4 Å². The molecule has 1 amide bonds. The van der Waals surface area contributed by atoms with Gasteiger partial charge < -0.3 is 5.32 Å². The summed E-state index contributed by atoms with van der Waals surface area (Å²) in [6.45, 7) is 2.54. The summed E-state index contributed by atoms with van der Waals surface area (Å²) in [5.74, 6) is 0.439. The van der Waals surface area contributed by atoms with Gasteiger partial charge in [-0.05, 0) is 23.9 Å². The van der Waals surface area contributed by atoms with Crippen molar-refractivity contribution in [1.82, 2.24) is 14.8 Å². The summed E-state index contributed by atoms with van der Waals surface area (Å²) in [6.07, 6.45) is 1.69. The van der Waals surface area contributed by atoms with Crippen LogP contribution in [0.15, 0.2) is 60.1 Å². The fourth-order valence-electron chi connectivity index (χ4n) is 2.66.